The van der Waals surface area contributed by atoms with Crippen LogP contribution in [-0.2, 0) is 0 Å². The second kappa shape index (κ2) is 6.10. The highest BCUT2D eigenvalue weighted by atomic mass is 19.1. The highest BCUT2D eigenvalue weighted by Crippen LogP contribution is 2.18. The maximum Gasteiger partial charge on any atom is 0.258 e. The smallest absolute Gasteiger partial charge is 0.258 e. The van der Waals surface area contributed by atoms with Crippen molar-refractivity contribution in [3.05, 3.63) is 29.8 Å². The maximum absolute atomic E-state index is 13.5. The van der Waals surface area contributed by atoms with Gasteiger partial charge in [0, 0.05) is 25.3 Å². The molecule has 0 saturated carbocycles. The molecule has 4 nitrogen and oxygen atoms in total. The van der Waals surface area contributed by atoms with Gasteiger partial charge < -0.3 is 4.90 Å². The standard InChI is InChI=1S/C14H20FN3O/c1-3-17(4-2)11-7-9-18(10-11)14(19)12-6-5-8-16-13(12)15/h5-6,8,11H,3-4,7,9-10H2,1-2H3. The van der Waals surface area contributed by atoms with Gasteiger partial charge in [0.1, 0.15) is 0 Å². The Kier molecular flexibility index (Phi) is 4.47. The zero-order chi connectivity index (χ0) is 13.8. The lowest BCUT2D eigenvalue weighted by Gasteiger charge is -2.26. The Bertz CT molecular complexity index is 448. The lowest BCUT2D eigenvalue weighted by atomic mass is 10.2. The molecule has 1 aromatic heterocycles. The molecule has 2 heterocycles. The number of pyridine rings is 1. The summed E-state index contributed by atoms with van der Waals surface area (Å²) in [5, 5.41) is 0. The minimum Gasteiger partial charge on any atom is -0.337 e. The zero-order valence-corrected chi connectivity index (χ0v) is 11.5. The molecule has 0 N–H and O–H groups in total. The lowest BCUT2D eigenvalue weighted by molar-refractivity contribution is 0.0772. The van der Waals surface area contributed by atoms with Crippen LogP contribution in [0.15, 0.2) is 18.3 Å². The maximum atomic E-state index is 13.5. The minimum atomic E-state index is -0.682. The number of aromatic nitrogens is 1. The van der Waals surface area contributed by atoms with Gasteiger partial charge in [-0.15, -0.1) is 0 Å². The Balaban J connectivity index is 2.05. The van der Waals surface area contributed by atoms with Crippen molar-refractivity contribution in [2.45, 2.75) is 26.3 Å². The number of carbonyl (C=O) groups excluding carboxylic acids is 1. The minimum absolute atomic E-state index is 0.0719. The molecule has 1 amide bonds. The molecule has 1 saturated heterocycles. The molecule has 2 rings (SSSR count). The van der Waals surface area contributed by atoms with Gasteiger partial charge in [-0.3, -0.25) is 9.69 Å². The summed E-state index contributed by atoms with van der Waals surface area (Å²) in [6.07, 6.45) is 2.31. The van der Waals surface area contributed by atoms with Crippen LogP contribution in [0.2, 0.25) is 0 Å². The van der Waals surface area contributed by atoms with E-state index in [9.17, 15) is 9.18 Å². The average Bonchev–Trinajstić information content (AvgIpc) is 2.90. The first-order valence-corrected chi connectivity index (χ1v) is 6.81. The van der Waals surface area contributed by atoms with E-state index in [2.05, 4.69) is 23.7 Å². The molecular weight excluding hydrogens is 245 g/mol. The number of amides is 1. The lowest BCUT2D eigenvalue weighted by Crippen LogP contribution is -2.38. The molecule has 0 spiro atoms. The summed E-state index contributed by atoms with van der Waals surface area (Å²) in [7, 11) is 0. The van der Waals surface area contributed by atoms with Crippen LogP contribution in [0.3, 0.4) is 0 Å². The van der Waals surface area contributed by atoms with E-state index >= 15 is 0 Å². The van der Waals surface area contributed by atoms with Crippen molar-refractivity contribution in [1.29, 1.82) is 0 Å². The number of carbonyl (C=O) groups is 1. The fourth-order valence-electron chi connectivity index (χ4n) is 2.68. The molecule has 0 radical (unpaired) electrons. The number of hydrogen-bond donors (Lipinski definition) is 0. The van der Waals surface area contributed by atoms with Crippen LogP contribution < -0.4 is 0 Å². The number of nitrogens with zero attached hydrogens (tertiary/aromatic N) is 3. The predicted octanol–water partition coefficient (Wildman–Crippen LogP) is 1.78. The van der Waals surface area contributed by atoms with Crippen molar-refractivity contribution in [2.75, 3.05) is 26.2 Å². The van der Waals surface area contributed by atoms with E-state index in [1.165, 1.54) is 12.3 Å². The fourth-order valence-corrected chi connectivity index (χ4v) is 2.68. The third kappa shape index (κ3) is 2.92. The largest absolute Gasteiger partial charge is 0.337 e. The van der Waals surface area contributed by atoms with E-state index in [1.54, 1.807) is 11.0 Å². The molecule has 1 aromatic rings. The molecule has 5 heteroatoms. The molecule has 1 unspecified atom stereocenters. The van der Waals surface area contributed by atoms with Crippen LogP contribution >= 0.6 is 0 Å². The van der Waals surface area contributed by atoms with Crippen LogP contribution in [0.1, 0.15) is 30.6 Å². The summed E-state index contributed by atoms with van der Waals surface area (Å²) in [5.74, 6) is -0.931. The Labute approximate surface area is 113 Å². The first-order chi connectivity index (χ1) is 9.17. The Morgan fingerprint density at radius 3 is 2.89 bits per heavy atom. The Hall–Kier alpha value is -1.49. The van der Waals surface area contributed by atoms with Crippen molar-refractivity contribution in [3.8, 4) is 0 Å². The van der Waals surface area contributed by atoms with E-state index in [1.807, 2.05) is 0 Å². The molecular formula is C14H20FN3O. The van der Waals surface area contributed by atoms with E-state index < -0.39 is 5.95 Å². The van der Waals surface area contributed by atoms with E-state index in [-0.39, 0.29) is 11.5 Å². The Morgan fingerprint density at radius 2 is 2.26 bits per heavy atom. The van der Waals surface area contributed by atoms with Gasteiger partial charge in [0.05, 0.1) is 5.56 Å². The van der Waals surface area contributed by atoms with E-state index in [0.29, 0.717) is 19.1 Å². The summed E-state index contributed by atoms with van der Waals surface area (Å²) >= 11 is 0. The van der Waals surface area contributed by atoms with Gasteiger partial charge in [0.15, 0.2) is 0 Å². The van der Waals surface area contributed by atoms with Gasteiger partial charge in [-0.2, -0.15) is 4.39 Å². The van der Waals surface area contributed by atoms with Crippen molar-refractivity contribution < 1.29 is 9.18 Å². The molecule has 104 valence electrons. The van der Waals surface area contributed by atoms with Gasteiger partial charge >= 0.3 is 0 Å². The van der Waals surface area contributed by atoms with Gasteiger partial charge in [-0.05, 0) is 31.6 Å². The molecule has 1 fully saturated rings. The predicted molar refractivity (Wildman–Crippen MR) is 71.4 cm³/mol. The SMILES string of the molecule is CCN(CC)C1CCN(C(=O)c2cccnc2F)C1. The monoisotopic (exact) mass is 265 g/mol. The topological polar surface area (TPSA) is 36.4 Å². The summed E-state index contributed by atoms with van der Waals surface area (Å²) in [6, 6.07) is 3.47. The van der Waals surface area contributed by atoms with Crippen molar-refractivity contribution >= 4 is 5.91 Å². The van der Waals surface area contributed by atoms with Crippen LogP contribution in [0.5, 0.6) is 0 Å². The van der Waals surface area contributed by atoms with Crippen molar-refractivity contribution in [2.24, 2.45) is 0 Å². The molecule has 0 aliphatic carbocycles. The molecule has 0 aromatic carbocycles. The second-order valence-corrected chi connectivity index (χ2v) is 4.76. The van der Waals surface area contributed by atoms with E-state index in [0.717, 1.165) is 19.5 Å². The second-order valence-electron chi connectivity index (χ2n) is 4.76. The highest BCUT2D eigenvalue weighted by molar-refractivity contribution is 5.94. The van der Waals surface area contributed by atoms with Crippen LogP contribution in [-0.4, -0.2) is 52.9 Å². The van der Waals surface area contributed by atoms with Gasteiger partial charge in [0.2, 0.25) is 5.95 Å². The third-order valence-electron chi connectivity index (χ3n) is 3.77. The van der Waals surface area contributed by atoms with E-state index in [4.69, 9.17) is 0 Å². The summed E-state index contributed by atoms with van der Waals surface area (Å²) in [4.78, 5) is 19.8. The Morgan fingerprint density at radius 1 is 1.53 bits per heavy atom. The number of rotatable bonds is 4. The van der Waals surface area contributed by atoms with Gasteiger partial charge in [0.25, 0.3) is 5.91 Å². The van der Waals surface area contributed by atoms with Crippen molar-refractivity contribution in [3.63, 3.8) is 0 Å². The van der Waals surface area contributed by atoms with Crippen LogP contribution in [0.4, 0.5) is 4.39 Å². The first kappa shape index (κ1) is 13.9. The summed E-state index contributed by atoms with van der Waals surface area (Å²) in [6.45, 7) is 7.56. The molecule has 19 heavy (non-hydrogen) atoms. The highest BCUT2D eigenvalue weighted by Gasteiger charge is 2.30. The van der Waals surface area contributed by atoms with Gasteiger partial charge in [-0.1, -0.05) is 13.8 Å². The average molecular weight is 265 g/mol. The zero-order valence-electron chi connectivity index (χ0n) is 11.5. The molecule has 1 atom stereocenters. The fraction of sp³-hybridized carbons (Fsp3) is 0.571. The summed E-state index contributed by atoms with van der Waals surface area (Å²) in [5.41, 5.74) is 0.0719. The molecule has 1 aliphatic rings. The van der Waals surface area contributed by atoms with Crippen molar-refractivity contribution in [1.82, 2.24) is 14.8 Å². The first-order valence-electron chi connectivity index (χ1n) is 6.81. The normalized spacial score (nSPS) is 19.2. The van der Waals surface area contributed by atoms with Crippen LogP contribution in [0, 0.1) is 5.95 Å². The number of halogens is 1. The number of likely N-dealkylation sites (N-methyl/N-ethyl adjacent to an activating group) is 1. The quantitative estimate of drug-likeness (QED) is 0.779. The van der Waals surface area contributed by atoms with Gasteiger partial charge in [-0.25, -0.2) is 4.98 Å². The molecule has 1 aliphatic heterocycles. The third-order valence-corrected chi connectivity index (χ3v) is 3.77. The number of likely N-dealkylation sites (tertiary alicyclic amines) is 1. The number of hydrogen-bond acceptors (Lipinski definition) is 3. The van der Waals surface area contributed by atoms with Crippen LogP contribution in [0.25, 0.3) is 0 Å². The molecule has 0 bridgehead atoms. The summed E-state index contributed by atoms with van der Waals surface area (Å²) < 4.78 is 13.5.